The van der Waals surface area contributed by atoms with Crippen LogP contribution in [0.1, 0.15) is 59.3 Å². The molecule has 2 saturated carbocycles. The normalized spacial score (nSPS) is 33.1. The third-order valence-corrected chi connectivity index (χ3v) is 9.69. The number of alkyl halides is 3. The highest BCUT2D eigenvalue weighted by molar-refractivity contribution is 5.94. The van der Waals surface area contributed by atoms with E-state index in [1.165, 1.54) is 4.90 Å². The maximum absolute atomic E-state index is 13.8. The van der Waals surface area contributed by atoms with Gasteiger partial charge in [0.05, 0.1) is 6.07 Å². The Labute approximate surface area is 231 Å². The minimum absolute atomic E-state index is 0.0287. The van der Waals surface area contributed by atoms with E-state index in [1.54, 1.807) is 20.8 Å². The van der Waals surface area contributed by atoms with Crippen LogP contribution in [0, 0.1) is 46.3 Å². The number of hydrogen-bond acceptors (Lipinski definition) is 5. The van der Waals surface area contributed by atoms with E-state index in [0.29, 0.717) is 6.42 Å². The van der Waals surface area contributed by atoms with Crippen molar-refractivity contribution in [2.45, 2.75) is 89.1 Å². The predicted octanol–water partition coefficient (Wildman–Crippen LogP) is 2.19. The van der Waals surface area contributed by atoms with Crippen LogP contribution in [0.4, 0.5) is 13.2 Å². The molecule has 12 heteroatoms. The van der Waals surface area contributed by atoms with Gasteiger partial charge in [0.25, 0.3) is 0 Å². The van der Waals surface area contributed by atoms with E-state index in [1.807, 2.05) is 11.4 Å². The van der Waals surface area contributed by atoms with Crippen LogP contribution in [-0.4, -0.2) is 64.9 Å². The Morgan fingerprint density at radius 3 is 2.40 bits per heavy atom. The second kappa shape index (κ2) is 9.77. The van der Waals surface area contributed by atoms with Crippen molar-refractivity contribution in [2.24, 2.45) is 35.0 Å². The third-order valence-electron chi connectivity index (χ3n) is 9.69. The average molecular weight is 564 g/mol. The second-order valence-electron chi connectivity index (χ2n) is 13.3. The molecule has 9 nitrogen and oxygen atoms in total. The van der Waals surface area contributed by atoms with Crippen molar-refractivity contribution in [3.8, 4) is 6.07 Å². The molecule has 4 amide bonds. The summed E-state index contributed by atoms with van der Waals surface area (Å²) < 4.78 is 39.4. The number of halogens is 3. The van der Waals surface area contributed by atoms with Gasteiger partial charge >= 0.3 is 12.1 Å². The summed E-state index contributed by atoms with van der Waals surface area (Å²) in [7, 11) is 0. The summed E-state index contributed by atoms with van der Waals surface area (Å²) in [5, 5.41) is 17.5. The molecule has 3 N–H and O–H groups in total. The third kappa shape index (κ3) is 4.96. The Hall–Kier alpha value is -3.10. The molecule has 0 aromatic heterocycles. The van der Waals surface area contributed by atoms with E-state index in [-0.39, 0.29) is 48.1 Å². The molecule has 3 aliphatic carbocycles. The Balaban J connectivity index is 1.36. The lowest BCUT2D eigenvalue weighted by atomic mass is 9.74. The fraction of sp³-hybridized carbons (Fsp3) is 0.750. The molecule has 0 aromatic rings. The van der Waals surface area contributed by atoms with E-state index in [9.17, 15) is 37.6 Å². The van der Waals surface area contributed by atoms with Gasteiger partial charge in [-0.15, -0.1) is 0 Å². The summed E-state index contributed by atoms with van der Waals surface area (Å²) in [6.07, 6.45) is 3.34. The van der Waals surface area contributed by atoms with Gasteiger partial charge in [-0.3, -0.25) is 19.2 Å². The minimum atomic E-state index is -5.17. The van der Waals surface area contributed by atoms with E-state index >= 15 is 0 Å². The molecule has 2 bridgehead atoms. The van der Waals surface area contributed by atoms with Gasteiger partial charge in [-0.1, -0.05) is 32.9 Å². The number of nitrogens with zero attached hydrogens (tertiary/aromatic N) is 2. The van der Waals surface area contributed by atoms with Crippen LogP contribution >= 0.6 is 0 Å². The molecule has 40 heavy (non-hydrogen) atoms. The number of amides is 4. The number of carbonyl (C=O) groups excluding carboxylic acids is 4. The van der Waals surface area contributed by atoms with E-state index in [0.717, 1.165) is 25.7 Å². The van der Waals surface area contributed by atoms with Gasteiger partial charge in [-0.25, -0.2) is 0 Å². The van der Waals surface area contributed by atoms with Crippen LogP contribution < -0.4 is 16.0 Å². The van der Waals surface area contributed by atoms with Crippen molar-refractivity contribution in [1.82, 2.24) is 20.9 Å². The van der Waals surface area contributed by atoms with Gasteiger partial charge in [0, 0.05) is 18.0 Å². The molecular formula is C28H36F3N5O4. The van der Waals surface area contributed by atoms with E-state index in [4.69, 9.17) is 0 Å². The first-order chi connectivity index (χ1) is 18.6. The number of rotatable bonds is 6. The number of nitriles is 1. The minimum Gasteiger partial charge on any atom is -0.350 e. The van der Waals surface area contributed by atoms with Crippen LogP contribution in [0.3, 0.4) is 0 Å². The Bertz CT molecular complexity index is 1170. The molecular weight excluding hydrogens is 527 g/mol. The number of likely N-dealkylation sites (tertiary alicyclic amines) is 1. The maximum atomic E-state index is 13.8. The zero-order valence-electron chi connectivity index (χ0n) is 22.9. The summed E-state index contributed by atoms with van der Waals surface area (Å²) in [5.41, 5.74) is -1.28. The van der Waals surface area contributed by atoms with Crippen molar-refractivity contribution in [2.75, 3.05) is 6.54 Å². The van der Waals surface area contributed by atoms with Crippen molar-refractivity contribution in [1.29, 1.82) is 5.26 Å². The van der Waals surface area contributed by atoms with Crippen LogP contribution in [0.2, 0.25) is 0 Å². The Morgan fingerprint density at radius 2 is 1.85 bits per heavy atom. The molecule has 1 spiro atoms. The van der Waals surface area contributed by atoms with Crippen molar-refractivity contribution >= 4 is 23.6 Å². The topological polar surface area (TPSA) is 131 Å². The highest BCUT2D eigenvalue weighted by Crippen LogP contribution is 2.54. The highest BCUT2D eigenvalue weighted by Gasteiger charge is 2.59. The SMILES string of the molecule is CC(C)(C)C(NC(=O)C(F)(F)F)C(=O)N1CC2C3C=CC(C3)C2C1C(=O)NC(C#N)CC1CC2(CCC2)NC1=O. The largest absolute Gasteiger partial charge is 0.471 e. The standard InChI is InChI=1S/C28H36F3N5O4/c1-26(2,3)21(34-25(40)28(29,30)31)24(39)36-13-18-14-5-6-15(9-14)19(18)20(36)23(38)33-17(12-32)10-16-11-27(7-4-8-27)35-22(16)37/h5-6,14-21H,4,7-11,13H2,1-3H3,(H,33,38)(H,34,40)(H,35,37). The number of hydrogen-bond donors (Lipinski definition) is 3. The fourth-order valence-electron chi connectivity index (χ4n) is 7.59. The molecule has 8 atom stereocenters. The Morgan fingerprint density at radius 1 is 1.18 bits per heavy atom. The molecule has 2 heterocycles. The summed E-state index contributed by atoms with van der Waals surface area (Å²) in [5.74, 6) is -4.18. The summed E-state index contributed by atoms with van der Waals surface area (Å²) in [6.45, 7) is 4.83. The molecule has 2 saturated heterocycles. The van der Waals surface area contributed by atoms with Crippen LogP contribution in [0.5, 0.6) is 0 Å². The number of allylic oxidation sites excluding steroid dienone is 2. The Kier molecular flexibility index (Phi) is 6.94. The first kappa shape index (κ1) is 28.4. The summed E-state index contributed by atoms with van der Waals surface area (Å²) in [4.78, 5) is 53.4. The number of nitrogens with one attached hydrogen (secondary N) is 3. The monoisotopic (exact) mass is 563 g/mol. The van der Waals surface area contributed by atoms with Crippen LogP contribution in [-0.2, 0) is 19.2 Å². The van der Waals surface area contributed by atoms with Crippen LogP contribution in [0.25, 0.3) is 0 Å². The first-order valence-corrected chi connectivity index (χ1v) is 14.0. The lowest BCUT2D eigenvalue weighted by Gasteiger charge is -2.38. The average Bonchev–Trinajstić information content (AvgIpc) is 3.60. The second-order valence-corrected chi connectivity index (χ2v) is 13.3. The predicted molar refractivity (Wildman–Crippen MR) is 136 cm³/mol. The van der Waals surface area contributed by atoms with Gasteiger partial charge < -0.3 is 20.9 Å². The molecule has 0 aromatic carbocycles. The van der Waals surface area contributed by atoms with Crippen molar-refractivity contribution < 1.29 is 32.3 Å². The van der Waals surface area contributed by atoms with Gasteiger partial charge in [0.2, 0.25) is 17.7 Å². The molecule has 218 valence electrons. The van der Waals surface area contributed by atoms with Gasteiger partial charge in [-0.2, -0.15) is 18.4 Å². The van der Waals surface area contributed by atoms with E-state index < -0.39 is 53.4 Å². The van der Waals surface area contributed by atoms with Crippen molar-refractivity contribution in [3.63, 3.8) is 0 Å². The quantitative estimate of drug-likeness (QED) is 0.427. The molecule has 0 radical (unpaired) electrons. The molecule has 5 rings (SSSR count). The highest BCUT2D eigenvalue weighted by atomic mass is 19.4. The van der Waals surface area contributed by atoms with E-state index in [2.05, 4.69) is 22.8 Å². The maximum Gasteiger partial charge on any atom is 0.471 e. The fourth-order valence-corrected chi connectivity index (χ4v) is 7.59. The van der Waals surface area contributed by atoms with Crippen LogP contribution in [0.15, 0.2) is 12.2 Å². The first-order valence-electron chi connectivity index (χ1n) is 14.0. The molecule has 2 aliphatic heterocycles. The summed E-state index contributed by atoms with van der Waals surface area (Å²) >= 11 is 0. The number of fused-ring (bicyclic) bond motifs is 5. The smallest absolute Gasteiger partial charge is 0.350 e. The van der Waals surface area contributed by atoms with Gasteiger partial charge in [0.1, 0.15) is 18.1 Å². The van der Waals surface area contributed by atoms with Gasteiger partial charge in [0.15, 0.2) is 0 Å². The molecule has 4 fully saturated rings. The zero-order valence-corrected chi connectivity index (χ0v) is 22.9. The lowest BCUT2D eigenvalue weighted by Crippen LogP contribution is -2.60. The van der Waals surface area contributed by atoms with Crippen molar-refractivity contribution in [3.05, 3.63) is 12.2 Å². The molecule has 5 aliphatic rings. The lowest BCUT2D eigenvalue weighted by molar-refractivity contribution is -0.176. The zero-order chi connectivity index (χ0) is 29.2. The number of carbonyl (C=O) groups is 4. The van der Waals surface area contributed by atoms with Gasteiger partial charge in [-0.05, 0) is 67.6 Å². The molecule has 8 unspecified atom stereocenters. The summed E-state index contributed by atoms with van der Waals surface area (Å²) in [6, 6.07) is -1.41.